The van der Waals surface area contributed by atoms with Gasteiger partial charge in [0.05, 0.1) is 11.7 Å². The lowest BCUT2D eigenvalue weighted by molar-refractivity contribution is 0.0604. The first-order valence-corrected chi connectivity index (χ1v) is 15.4. The molecule has 9 heteroatoms. The van der Waals surface area contributed by atoms with Crippen molar-refractivity contribution in [2.45, 2.75) is 81.2 Å². The number of anilines is 1. The Kier molecular flexibility index (Phi) is 8.62. The van der Waals surface area contributed by atoms with E-state index in [1.807, 2.05) is 34.5 Å². The number of likely N-dealkylation sites (tertiary alicyclic amines) is 1. The van der Waals surface area contributed by atoms with E-state index in [9.17, 15) is 4.79 Å². The van der Waals surface area contributed by atoms with Crippen molar-refractivity contribution in [3.8, 4) is 0 Å². The lowest BCUT2D eigenvalue weighted by Crippen LogP contribution is -2.39. The average Bonchev–Trinajstić information content (AvgIpc) is 3.69. The minimum atomic E-state index is -1.14. The van der Waals surface area contributed by atoms with Crippen LogP contribution >= 0.6 is 25.3 Å². The lowest BCUT2D eigenvalue weighted by atomic mass is 9.89. The second-order valence-corrected chi connectivity index (χ2v) is 13.4. The first-order chi connectivity index (χ1) is 19.1. The molecule has 1 saturated carbocycles. The summed E-state index contributed by atoms with van der Waals surface area (Å²) in [7, 11) is 8.32. The minimum Gasteiger partial charge on any atom is -0.360 e. The fourth-order valence-corrected chi connectivity index (χ4v) is 5.95. The van der Waals surface area contributed by atoms with Gasteiger partial charge < -0.3 is 9.80 Å². The maximum Gasteiger partial charge on any atom is 0.254 e. The number of carbonyl (C=O) groups is 1. The Hall–Kier alpha value is -2.39. The number of hydrogen-bond acceptors (Lipinski definition) is 6. The molecule has 0 N–H and O–H groups in total. The maximum absolute atomic E-state index is 14.3. The van der Waals surface area contributed by atoms with Gasteiger partial charge in [0.15, 0.2) is 5.65 Å². The Morgan fingerprint density at radius 3 is 2.62 bits per heavy atom. The fraction of sp³-hybridized carbons (Fsp3) is 0.516. The van der Waals surface area contributed by atoms with Crippen molar-refractivity contribution in [1.82, 2.24) is 19.5 Å². The minimum absolute atomic E-state index is 0.00110. The summed E-state index contributed by atoms with van der Waals surface area (Å²) < 4.78 is 0.828. The number of hydrogen-bond donors (Lipinski definition) is 2. The number of aryl methyl sites for hydroxylation is 1. The Morgan fingerprint density at radius 1 is 1.18 bits per heavy atom. The van der Waals surface area contributed by atoms with Crippen LogP contribution in [0.25, 0.3) is 5.65 Å². The van der Waals surface area contributed by atoms with Gasteiger partial charge in [-0.2, -0.15) is 34.9 Å². The van der Waals surface area contributed by atoms with Crippen LogP contribution in [0.4, 0.5) is 5.82 Å². The highest BCUT2D eigenvalue weighted by molar-refractivity contribution is 8.01. The van der Waals surface area contributed by atoms with Crippen molar-refractivity contribution < 1.29 is 4.79 Å². The van der Waals surface area contributed by atoms with Gasteiger partial charge in [-0.05, 0) is 75.5 Å². The van der Waals surface area contributed by atoms with E-state index in [2.05, 4.69) is 62.8 Å². The number of carbonyl (C=O) groups excluding carboxylic acids is 1. The normalized spacial score (nSPS) is 17.8. The van der Waals surface area contributed by atoms with Crippen LogP contribution in [-0.2, 0) is 10.4 Å². The van der Waals surface area contributed by atoms with Crippen LogP contribution in [0.1, 0.15) is 104 Å². The molecule has 2 fully saturated rings. The summed E-state index contributed by atoms with van der Waals surface area (Å²) in [6.45, 7) is 9.88. The molecule has 210 valence electrons. The number of rotatable bonds is 10. The Morgan fingerprint density at radius 2 is 1.95 bits per heavy atom. The predicted octanol–water partition coefficient (Wildman–Crippen LogP) is 6.47. The molecule has 1 amide bonds. The van der Waals surface area contributed by atoms with Crippen LogP contribution in [-0.4, -0.2) is 53.4 Å². The third kappa shape index (κ3) is 6.25. The highest BCUT2D eigenvalue weighted by Crippen LogP contribution is 2.41. The second kappa shape index (κ2) is 11.8. The zero-order valence-electron chi connectivity index (χ0n) is 23.9. The summed E-state index contributed by atoms with van der Waals surface area (Å²) in [5.74, 6) is 1.61. The standard InChI is InChI=1S/C31H40BN5OS2/c1-5-15-35(4)29-19-25(22-11-12-22)33-28-18-26(34-37(28)29)27-8-6-7-16-36(27)30(38)24-17-23(31(32,39)40)14-13-21(24)10-9-20(2)3/h13-14,17-19,22,27,39-40H,2,5-12,15-16H2,1,3-4H3. The Labute approximate surface area is 250 Å². The van der Waals surface area contributed by atoms with Gasteiger partial charge in [-0.25, -0.2) is 4.98 Å². The van der Waals surface area contributed by atoms with Gasteiger partial charge in [0.1, 0.15) is 13.7 Å². The molecule has 2 aromatic heterocycles. The topological polar surface area (TPSA) is 53.7 Å². The molecular formula is C31H40BN5OS2. The first kappa shape index (κ1) is 29.1. The van der Waals surface area contributed by atoms with Crippen molar-refractivity contribution in [1.29, 1.82) is 0 Å². The van der Waals surface area contributed by atoms with Crippen molar-refractivity contribution >= 4 is 50.5 Å². The zero-order chi connectivity index (χ0) is 28.6. The first-order valence-electron chi connectivity index (χ1n) is 14.5. The molecule has 5 rings (SSSR count). The van der Waals surface area contributed by atoms with Gasteiger partial charge in [0.25, 0.3) is 5.91 Å². The molecule has 40 heavy (non-hydrogen) atoms. The fourth-order valence-electron chi connectivity index (χ4n) is 5.68. The molecule has 1 saturated heterocycles. The quantitative estimate of drug-likeness (QED) is 0.126. The third-order valence-electron chi connectivity index (χ3n) is 8.08. The lowest BCUT2D eigenvalue weighted by Gasteiger charge is -2.35. The third-order valence-corrected chi connectivity index (χ3v) is 8.60. The summed E-state index contributed by atoms with van der Waals surface area (Å²) in [5, 5.41) is 5.09. The molecule has 6 nitrogen and oxygen atoms in total. The van der Waals surface area contributed by atoms with E-state index in [0.29, 0.717) is 23.6 Å². The number of thiol groups is 2. The van der Waals surface area contributed by atoms with E-state index in [0.717, 1.165) is 79.1 Å². The molecular weight excluding hydrogens is 533 g/mol. The summed E-state index contributed by atoms with van der Waals surface area (Å²) in [6, 6.07) is 9.95. The monoisotopic (exact) mass is 573 g/mol. The van der Waals surface area contributed by atoms with Crippen LogP contribution < -0.4 is 4.90 Å². The maximum atomic E-state index is 14.3. The Bertz CT molecular complexity index is 1410. The van der Waals surface area contributed by atoms with Gasteiger partial charge >= 0.3 is 0 Å². The van der Waals surface area contributed by atoms with Crippen LogP contribution in [0.2, 0.25) is 0 Å². The van der Waals surface area contributed by atoms with Crippen molar-refractivity contribution in [2.24, 2.45) is 0 Å². The van der Waals surface area contributed by atoms with Gasteiger partial charge in [0.2, 0.25) is 0 Å². The van der Waals surface area contributed by atoms with Gasteiger partial charge in [0, 0.05) is 53.4 Å². The van der Waals surface area contributed by atoms with Crippen LogP contribution in [0.5, 0.6) is 0 Å². The smallest absolute Gasteiger partial charge is 0.254 e. The highest BCUT2D eigenvalue weighted by atomic mass is 32.2. The molecule has 1 aliphatic carbocycles. The SMILES string of the molecule is [B]C(S)(S)c1ccc(CCC(=C)C)c(C(=O)N2CCCCC2c2cc3nc(C4CC4)cc(N(C)CCC)n3n2)c1. The van der Waals surface area contributed by atoms with E-state index in [-0.39, 0.29) is 11.9 Å². The van der Waals surface area contributed by atoms with Gasteiger partial charge in [-0.3, -0.25) is 4.79 Å². The van der Waals surface area contributed by atoms with E-state index in [1.54, 1.807) is 0 Å². The second-order valence-electron chi connectivity index (χ2n) is 11.6. The number of fused-ring (bicyclic) bond motifs is 1. The van der Waals surface area contributed by atoms with Crippen molar-refractivity contribution in [2.75, 3.05) is 25.0 Å². The summed E-state index contributed by atoms with van der Waals surface area (Å²) in [5.41, 5.74) is 6.33. The van der Waals surface area contributed by atoms with E-state index in [4.69, 9.17) is 17.9 Å². The molecule has 2 aliphatic rings. The summed E-state index contributed by atoms with van der Waals surface area (Å²) in [4.78, 5) is 23.6. The van der Waals surface area contributed by atoms with Crippen molar-refractivity contribution in [3.63, 3.8) is 0 Å². The molecule has 1 aliphatic heterocycles. The van der Waals surface area contributed by atoms with Crippen LogP contribution in [0, 0.1) is 0 Å². The number of aromatic nitrogens is 3. The largest absolute Gasteiger partial charge is 0.360 e. The summed E-state index contributed by atoms with van der Waals surface area (Å²) in [6.07, 6.45) is 7.87. The Balaban J connectivity index is 1.54. The zero-order valence-corrected chi connectivity index (χ0v) is 25.7. The van der Waals surface area contributed by atoms with Gasteiger partial charge in [-0.15, -0.1) is 6.58 Å². The molecule has 0 spiro atoms. The number of nitrogens with zero attached hydrogens (tertiary/aromatic N) is 5. The van der Waals surface area contributed by atoms with Crippen molar-refractivity contribution in [3.05, 3.63) is 70.6 Å². The predicted molar refractivity (Wildman–Crippen MR) is 171 cm³/mol. The van der Waals surface area contributed by atoms with E-state index >= 15 is 0 Å². The molecule has 3 aromatic rings. The summed E-state index contributed by atoms with van der Waals surface area (Å²) >= 11 is 8.91. The molecule has 1 unspecified atom stereocenters. The van der Waals surface area contributed by atoms with E-state index < -0.39 is 3.98 Å². The number of allylic oxidation sites excluding steroid dienone is 1. The number of piperidine rings is 1. The number of amides is 1. The molecule has 0 bridgehead atoms. The molecule has 1 atom stereocenters. The highest BCUT2D eigenvalue weighted by Gasteiger charge is 2.33. The average molecular weight is 574 g/mol. The number of benzene rings is 1. The molecule has 1 aromatic carbocycles. The molecule has 2 radical (unpaired) electrons. The van der Waals surface area contributed by atoms with E-state index in [1.165, 1.54) is 12.8 Å². The van der Waals surface area contributed by atoms with Gasteiger partial charge in [-0.1, -0.05) is 24.6 Å². The van der Waals surface area contributed by atoms with Crippen LogP contribution in [0.3, 0.4) is 0 Å². The molecule has 3 heterocycles. The van der Waals surface area contributed by atoms with Crippen LogP contribution in [0.15, 0.2) is 42.5 Å².